The lowest BCUT2D eigenvalue weighted by Crippen LogP contribution is -2.39. The highest BCUT2D eigenvalue weighted by atomic mass is 16.3. The highest BCUT2D eigenvalue weighted by Crippen LogP contribution is 2.15. The zero-order valence-electron chi connectivity index (χ0n) is 9.77. The lowest BCUT2D eigenvalue weighted by atomic mass is 9.95. The molecule has 1 heterocycles. The average molecular weight is 211 g/mol. The lowest BCUT2D eigenvalue weighted by Gasteiger charge is -2.23. The van der Waals surface area contributed by atoms with Gasteiger partial charge < -0.3 is 10.8 Å². The monoisotopic (exact) mass is 211 g/mol. The first-order valence-electron chi connectivity index (χ1n) is 5.47. The second-order valence-electron chi connectivity index (χ2n) is 4.34. The van der Waals surface area contributed by atoms with E-state index in [1.807, 2.05) is 23.9 Å². The first kappa shape index (κ1) is 12.2. The molecular weight excluding hydrogens is 190 g/mol. The van der Waals surface area contributed by atoms with Crippen molar-refractivity contribution in [3.05, 3.63) is 18.0 Å². The van der Waals surface area contributed by atoms with Crippen molar-refractivity contribution in [2.24, 2.45) is 5.73 Å². The van der Waals surface area contributed by atoms with E-state index in [4.69, 9.17) is 5.73 Å². The molecule has 1 rings (SSSR count). The molecule has 1 atom stereocenters. The minimum atomic E-state index is -0.809. The second kappa shape index (κ2) is 4.77. The third-order valence-electron chi connectivity index (χ3n) is 2.74. The SMILES string of the molecule is CCC(O)(CN)Cc1ccn(C(C)C)n1. The van der Waals surface area contributed by atoms with Crippen LogP contribution in [-0.4, -0.2) is 27.0 Å². The molecule has 0 fully saturated rings. The Hall–Kier alpha value is -0.870. The van der Waals surface area contributed by atoms with Gasteiger partial charge in [-0.2, -0.15) is 5.10 Å². The molecule has 15 heavy (non-hydrogen) atoms. The largest absolute Gasteiger partial charge is 0.388 e. The number of aromatic nitrogens is 2. The van der Waals surface area contributed by atoms with Crippen LogP contribution < -0.4 is 5.73 Å². The first-order chi connectivity index (χ1) is 7.00. The fraction of sp³-hybridized carbons (Fsp3) is 0.727. The van der Waals surface area contributed by atoms with Crippen molar-refractivity contribution < 1.29 is 5.11 Å². The predicted octanol–water partition coefficient (Wildman–Crippen LogP) is 1.11. The third kappa shape index (κ3) is 3.04. The molecule has 4 nitrogen and oxygen atoms in total. The molecule has 0 saturated carbocycles. The number of nitrogens with zero attached hydrogens (tertiary/aromatic N) is 2. The summed E-state index contributed by atoms with van der Waals surface area (Å²) in [6.07, 6.45) is 3.12. The number of hydrogen-bond donors (Lipinski definition) is 2. The molecule has 1 aromatic heterocycles. The van der Waals surface area contributed by atoms with Gasteiger partial charge in [0.25, 0.3) is 0 Å². The summed E-state index contributed by atoms with van der Waals surface area (Å²) in [6, 6.07) is 2.29. The summed E-state index contributed by atoms with van der Waals surface area (Å²) in [4.78, 5) is 0. The maximum atomic E-state index is 10.1. The van der Waals surface area contributed by atoms with Crippen LogP contribution in [0.2, 0.25) is 0 Å². The number of rotatable bonds is 5. The Balaban J connectivity index is 2.72. The van der Waals surface area contributed by atoms with E-state index < -0.39 is 5.60 Å². The van der Waals surface area contributed by atoms with Gasteiger partial charge in [-0.1, -0.05) is 6.92 Å². The van der Waals surface area contributed by atoms with Gasteiger partial charge in [0.05, 0.1) is 11.3 Å². The van der Waals surface area contributed by atoms with Crippen molar-refractivity contribution in [2.75, 3.05) is 6.54 Å². The molecule has 86 valence electrons. The maximum Gasteiger partial charge on any atom is 0.0822 e. The molecule has 0 aliphatic heterocycles. The molecule has 4 heteroatoms. The van der Waals surface area contributed by atoms with Crippen molar-refractivity contribution in [1.82, 2.24) is 9.78 Å². The Bertz CT molecular complexity index is 303. The topological polar surface area (TPSA) is 64.1 Å². The van der Waals surface area contributed by atoms with Crippen LogP contribution in [0.4, 0.5) is 0 Å². The molecule has 0 bridgehead atoms. The van der Waals surface area contributed by atoms with Crippen molar-refractivity contribution in [3.8, 4) is 0 Å². The molecule has 0 amide bonds. The van der Waals surface area contributed by atoms with Crippen molar-refractivity contribution in [1.29, 1.82) is 0 Å². The molecule has 0 aliphatic rings. The summed E-state index contributed by atoms with van der Waals surface area (Å²) in [5.74, 6) is 0. The van der Waals surface area contributed by atoms with Crippen molar-refractivity contribution in [2.45, 2.75) is 45.3 Å². The fourth-order valence-corrected chi connectivity index (χ4v) is 1.44. The van der Waals surface area contributed by atoms with E-state index in [2.05, 4.69) is 18.9 Å². The lowest BCUT2D eigenvalue weighted by molar-refractivity contribution is 0.0445. The predicted molar refractivity (Wildman–Crippen MR) is 60.6 cm³/mol. The summed E-state index contributed by atoms with van der Waals surface area (Å²) >= 11 is 0. The highest BCUT2D eigenvalue weighted by molar-refractivity contribution is 5.04. The Morgan fingerprint density at radius 1 is 1.60 bits per heavy atom. The van der Waals surface area contributed by atoms with Gasteiger partial charge in [0.15, 0.2) is 0 Å². The fourth-order valence-electron chi connectivity index (χ4n) is 1.44. The number of aliphatic hydroxyl groups is 1. The van der Waals surface area contributed by atoms with Gasteiger partial charge in [0.1, 0.15) is 0 Å². The van der Waals surface area contributed by atoms with Crippen LogP contribution in [0.5, 0.6) is 0 Å². The Kier molecular flexibility index (Phi) is 3.88. The zero-order chi connectivity index (χ0) is 11.5. The van der Waals surface area contributed by atoms with Crippen LogP contribution in [-0.2, 0) is 6.42 Å². The molecule has 0 aliphatic carbocycles. The van der Waals surface area contributed by atoms with Gasteiger partial charge in [0.2, 0.25) is 0 Å². The third-order valence-corrected chi connectivity index (χ3v) is 2.74. The average Bonchev–Trinajstić information content (AvgIpc) is 2.66. The van der Waals surface area contributed by atoms with Crippen LogP contribution in [0.3, 0.4) is 0 Å². The standard InChI is InChI=1S/C11H21N3O/c1-4-11(15,8-12)7-10-5-6-14(13-10)9(2)3/h5-6,9,15H,4,7-8,12H2,1-3H3. The van der Waals surface area contributed by atoms with Gasteiger partial charge in [-0.3, -0.25) is 4.68 Å². The number of hydrogen-bond acceptors (Lipinski definition) is 3. The van der Waals surface area contributed by atoms with Crippen LogP contribution in [0, 0.1) is 0 Å². The summed E-state index contributed by atoms with van der Waals surface area (Å²) in [5.41, 5.74) is 5.64. The van der Waals surface area contributed by atoms with E-state index in [0.717, 1.165) is 5.69 Å². The van der Waals surface area contributed by atoms with Crippen LogP contribution >= 0.6 is 0 Å². The van der Waals surface area contributed by atoms with E-state index in [1.165, 1.54) is 0 Å². The van der Waals surface area contributed by atoms with E-state index in [-0.39, 0.29) is 6.54 Å². The first-order valence-corrected chi connectivity index (χ1v) is 5.47. The summed E-state index contributed by atoms with van der Waals surface area (Å²) < 4.78 is 1.89. The van der Waals surface area contributed by atoms with Gasteiger partial charge in [-0.15, -0.1) is 0 Å². The molecule has 1 aromatic rings. The molecular formula is C11H21N3O. The highest BCUT2D eigenvalue weighted by Gasteiger charge is 2.24. The summed E-state index contributed by atoms with van der Waals surface area (Å²) in [5, 5.41) is 14.4. The van der Waals surface area contributed by atoms with Gasteiger partial charge in [-0.05, 0) is 26.3 Å². The molecule has 0 radical (unpaired) electrons. The molecule has 0 aromatic carbocycles. The van der Waals surface area contributed by atoms with Crippen molar-refractivity contribution >= 4 is 0 Å². The normalized spacial score (nSPS) is 15.6. The van der Waals surface area contributed by atoms with E-state index >= 15 is 0 Å². The number of nitrogens with two attached hydrogens (primary N) is 1. The quantitative estimate of drug-likeness (QED) is 0.766. The molecule has 0 spiro atoms. The summed E-state index contributed by atoms with van der Waals surface area (Å²) in [7, 11) is 0. The maximum absolute atomic E-state index is 10.1. The van der Waals surface area contributed by atoms with Gasteiger partial charge >= 0.3 is 0 Å². The molecule has 0 saturated heterocycles. The van der Waals surface area contributed by atoms with Crippen LogP contribution in [0.1, 0.15) is 38.9 Å². The minimum Gasteiger partial charge on any atom is -0.388 e. The zero-order valence-corrected chi connectivity index (χ0v) is 9.77. The van der Waals surface area contributed by atoms with Crippen LogP contribution in [0.15, 0.2) is 12.3 Å². The second-order valence-corrected chi connectivity index (χ2v) is 4.34. The van der Waals surface area contributed by atoms with Gasteiger partial charge in [-0.25, -0.2) is 0 Å². The molecule has 1 unspecified atom stereocenters. The van der Waals surface area contributed by atoms with Crippen LogP contribution in [0.25, 0.3) is 0 Å². The van der Waals surface area contributed by atoms with Gasteiger partial charge in [0, 0.05) is 25.2 Å². The van der Waals surface area contributed by atoms with Crippen molar-refractivity contribution in [3.63, 3.8) is 0 Å². The van der Waals surface area contributed by atoms with E-state index in [0.29, 0.717) is 18.9 Å². The Labute approximate surface area is 91.1 Å². The van der Waals surface area contributed by atoms with E-state index in [1.54, 1.807) is 0 Å². The Morgan fingerprint density at radius 3 is 2.67 bits per heavy atom. The smallest absolute Gasteiger partial charge is 0.0822 e. The molecule has 3 N–H and O–H groups in total. The Morgan fingerprint density at radius 2 is 2.27 bits per heavy atom. The van der Waals surface area contributed by atoms with E-state index in [9.17, 15) is 5.11 Å². The summed E-state index contributed by atoms with van der Waals surface area (Å²) in [6.45, 7) is 6.36. The minimum absolute atomic E-state index is 0.276.